The number of anilines is 1. The van der Waals surface area contributed by atoms with Crippen molar-refractivity contribution in [1.82, 2.24) is 19.7 Å². The van der Waals surface area contributed by atoms with Crippen LogP contribution in [0.3, 0.4) is 0 Å². The Morgan fingerprint density at radius 3 is 2.96 bits per heavy atom. The molecule has 0 saturated carbocycles. The summed E-state index contributed by atoms with van der Waals surface area (Å²) in [4.78, 5) is 21.4. The van der Waals surface area contributed by atoms with Crippen molar-refractivity contribution >= 4 is 22.4 Å². The molecule has 1 amide bonds. The number of nitriles is 1. The number of carbonyl (C=O) groups is 1. The zero-order valence-electron chi connectivity index (χ0n) is 15.1. The normalized spacial score (nSPS) is 12.2. The molecule has 0 unspecified atom stereocenters. The molecule has 0 fully saturated rings. The second-order valence-corrected chi connectivity index (χ2v) is 7.47. The van der Waals surface area contributed by atoms with E-state index < -0.39 is 0 Å². The summed E-state index contributed by atoms with van der Waals surface area (Å²) < 4.78 is 1.90. The first-order chi connectivity index (χ1) is 13.1. The third-order valence-electron chi connectivity index (χ3n) is 4.48. The maximum atomic E-state index is 11.4. The van der Waals surface area contributed by atoms with E-state index in [0.717, 1.165) is 51.6 Å². The van der Waals surface area contributed by atoms with E-state index in [1.807, 2.05) is 29.9 Å². The minimum Gasteiger partial charge on any atom is -0.302 e. The smallest absolute Gasteiger partial charge is 0.223 e. The summed E-state index contributed by atoms with van der Waals surface area (Å²) in [6.45, 7) is 3.95. The number of pyridine rings is 1. The van der Waals surface area contributed by atoms with Gasteiger partial charge in [-0.3, -0.25) is 14.5 Å². The summed E-state index contributed by atoms with van der Waals surface area (Å²) in [7, 11) is 0. The monoisotopic (exact) mass is 378 g/mol. The molecule has 7 nitrogen and oxygen atoms in total. The van der Waals surface area contributed by atoms with Crippen LogP contribution in [0.4, 0.5) is 5.13 Å². The zero-order valence-corrected chi connectivity index (χ0v) is 15.9. The number of fused-ring (bicyclic) bond motifs is 3. The first-order valence-corrected chi connectivity index (χ1v) is 9.55. The highest BCUT2D eigenvalue weighted by molar-refractivity contribution is 7.19. The fourth-order valence-electron chi connectivity index (χ4n) is 3.30. The maximum Gasteiger partial charge on any atom is 0.223 e. The minimum absolute atomic E-state index is 0.134. The summed E-state index contributed by atoms with van der Waals surface area (Å²) in [5.74, 6) is -0.134. The van der Waals surface area contributed by atoms with Gasteiger partial charge in [0, 0.05) is 29.9 Å². The van der Waals surface area contributed by atoms with E-state index in [1.165, 1.54) is 18.3 Å². The number of amides is 1. The molecule has 0 atom stereocenters. The Kier molecular flexibility index (Phi) is 4.46. The van der Waals surface area contributed by atoms with Crippen LogP contribution in [0.15, 0.2) is 18.3 Å². The van der Waals surface area contributed by atoms with E-state index >= 15 is 0 Å². The van der Waals surface area contributed by atoms with Crippen molar-refractivity contribution in [3.05, 3.63) is 35.3 Å². The highest BCUT2D eigenvalue weighted by atomic mass is 32.1. The van der Waals surface area contributed by atoms with E-state index in [9.17, 15) is 4.79 Å². The topological polar surface area (TPSA) is 96.5 Å². The molecule has 0 radical (unpaired) electrons. The fraction of sp³-hybridized carbons (Fsp3) is 0.316. The number of rotatable bonds is 4. The molecule has 27 heavy (non-hydrogen) atoms. The molecule has 1 N–H and O–H groups in total. The number of nitrogens with zero attached hydrogens (tertiary/aromatic N) is 5. The lowest BCUT2D eigenvalue weighted by atomic mass is 9.95. The number of nitrogens with one attached hydrogen (secondary N) is 1. The van der Waals surface area contributed by atoms with Crippen LogP contribution < -0.4 is 5.32 Å². The number of hydrogen-bond donors (Lipinski definition) is 1. The van der Waals surface area contributed by atoms with Gasteiger partial charge in [-0.2, -0.15) is 10.4 Å². The highest BCUT2D eigenvalue weighted by Crippen LogP contribution is 2.43. The van der Waals surface area contributed by atoms with Gasteiger partial charge in [-0.1, -0.05) is 11.3 Å². The average molecular weight is 378 g/mol. The van der Waals surface area contributed by atoms with Crippen molar-refractivity contribution in [1.29, 1.82) is 5.26 Å². The molecule has 3 aromatic rings. The first-order valence-electron chi connectivity index (χ1n) is 8.74. The predicted octanol–water partition coefficient (Wildman–Crippen LogP) is 3.35. The van der Waals surface area contributed by atoms with Crippen molar-refractivity contribution in [3.63, 3.8) is 0 Å². The van der Waals surface area contributed by atoms with Crippen LogP contribution in [0, 0.1) is 18.3 Å². The zero-order chi connectivity index (χ0) is 19.0. The van der Waals surface area contributed by atoms with Crippen LogP contribution in [0.5, 0.6) is 0 Å². The van der Waals surface area contributed by atoms with E-state index in [0.29, 0.717) is 18.1 Å². The van der Waals surface area contributed by atoms with Gasteiger partial charge in [0.15, 0.2) is 5.13 Å². The number of aryl methyl sites for hydroxylation is 3. The Balaban J connectivity index is 1.85. The Morgan fingerprint density at radius 1 is 1.41 bits per heavy atom. The molecule has 3 aromatic heterocycles. The molecule has 0 saturated heterocycles. The molecule has 0 aliphatic heterocycles. The second-order valence-electron chi connectivity index (χ2n) is 6.47. The number of carbonyl (C=O) groups excluding carboxylic acids is 1. The first kappa shape index (κ1) is 17.4. The standard InChI is InChI=1S/C19H18N6OS/c1-11-4-5-13(10-21-11)16-14-6-7-15-18(27-19(23-15)22-12(2)26)17(14)25(24-16)9-3-8-20/h4-5,10H,3,6-7,9H2,1-2H3,(H,22,23,26). The number of thiazole rings is 1. The Morgan fingerprint density at radius 2 is 2.26 bits per heavy atom. The fourth-order valence-corrected chi connectivity index (χ4v) is 4.44. The molecule has 4 rings (SSSR count). The van der Waals surface area contributed by atoms with Gasteiger partial charge < -0.3 is 5.32 Å². The third kappa shape index (κ3) is 3.22. The molecule has 0 aromatic carbocycles. The quantitative estimate of drug-likeness (QED) is 0.751. The van der Waals surface area contributed by atoms with Crippen LogP contribution in [0.25, 0.3) is 21.8 Å². The van der Waals surface area contributed by atoms with E-state index in [4.69, 9.17) is 10.4 Å². The van der Waals surface area contributed by atoms with Crippen LogP contribution >= 0.6 is 11.3 Å². The highest BCUT2D eigenvalue weighted by Gasteiger charge is 2.29. The third-order valence-corrected chi connectivity index (χ3v) is 5.50. The Labute approximate surface area is 160 Å². The molecule has 1 aliphatic carbocycles. The maximum absolute atomic E-state index is 11.4. The number of aromatic nitrogens is 4. The van der Waals surface area contributed by atoms with Crippen molar-refractivity contribution in [2.75, 3.05) is 5.32 Å². The van der Waals surface area contributed by atoms with E-state index in [2.05, 4.69) is 21.4 Å². The van der Waals surface area contributed by atoms with Crippen LogP contribution in [-0.2, 0) is 24.2 Å². The van der Waals surface area contributed by atoms with Crippen LogP contribution in [0.1, 0.15) is 30.3 Å². The summed E-state index contributed by atoms with van der Waals surface area (Å²) in [6.07, 6.45) is 3.85. The van der Waals surface area contributed by atoms with Gasteiger partial charge in [0.05, 0.1) is 41.0 Å². The summed E-state index contributed by atoms with van der Waals surface area (Å²) in [5, 5.41) is 17.2. The Hall–Kier alpha value is -3.05. The van der Waals surface area contributed by atoms with Gasteiger partial charge in [0.25, 0.3) is 0 Å². The van der Waals surface area contributed by atoms with Gasteiger partial charge in [0.1, 0.15) is 0 Å². The summed E-state index contributed by atoms with van der Waals surface area (Å²) >= 11 is 1.46. The molecular formula is C19H18N6OS. The van der Waals surface area contributed by atoms with Gasteiger partial charge in [0.2, 0.25) is 5.91 Å². The lowest BCUT2D eigenvalue weighted by Crippen LogP contribution is -2.07. The average Bonchev–Trinajstić information content (AvgIpc) is 3.20. The van der Waals surface area contributed by atoms with Crippen molar-refractivity contribution < 1.29 is 4.79 Å². The van der Waals surface area contributed by atoms with Crippen LogP contribution in [0.2, 0.25) is 0 Å². The second kappa shape index (κ2) is 6.93. The molecular weight excluding hydrogens is 360 g/mol. The minimum atomic E-state index is -0.134. The lowest BCUT2D eigenvalue weighted by Gasteiger charge is -2.13. The molecule has 3 heterocycles. The largest absolute Gasteiger partial charge is 0.302 e. The van der Waals surface area contributed by atoms with Crippen molar-refractivity contribution in [3.8, 4) is 27.9 Å². The lowest BCUT2D eigenvalue weighted by molar-refractivity contribution is -0.114. The molecule has 1 aliphatic rings. The van der Waals surface area contributed by atoms with E-state index in [-0.39, 0.29) is 5.91 Å². The predicted molar refractivity (Wildman–Crippen MR) is 103 cm³/mol. The summed E-state index contributed by atoms with van der Waals surface area (Å²) in [6, 6.07) is 6.20. The Bertz CT molecular complexity index is 1060. The van der Waals surface area contributed by atoms with Gasteiger partial charge in [-0.15, -0.1) is 0 Å². The van der Waals surface area contributed by atoms with E-state index in [1.54, 1.807) is 0 Å². The summed E-state index contributed by atoms with van der Waals surface area (Å²) in [5.41, 5.74) is 5.99. The van der Waals surface area contributed by atoms with Gasteiger partial charge >= 0.3 is 0 Å². The molecule has 8 heteroatoms. The van der Waals surface area contributed by atoms with Crippen LogP contribution in [-0.4, -0.2) is 25.7 Å². The number of hydrogen-bond acceptors (Lipinski definition) is 6. The van der Waals surface area contributed by atoms with Gasteiger partial charge in [-0.05, 0) is 31.9 Å². The van der Waals surface area contributed by atoms with Crippen molar-refractivity contribution in [2.45, 2.75) is 39.7 Å². The SMILES string of the molecule is CC(=O)Nc1nc2c(s1)-c1c(c(-c3ccc(C)nc3)nn1CCC#N)CC2. The molecule has 136 valence electrons. The van der Waals surface area contributed by atoms with Crippen molar-refractivity contribution in [2.24, 2.45) is 0 Å². The molecule has 0 bridgehead atoms. The molecule has 0 spiro atoms. The van der Waals surface area contributed by atoms with Gasteiger partial charge in [-0.25, -0.2) is 4.98 Å².